The number of rotatable bonds is 3. The highest BCUT2D eigenvalue weighted by molar-refractivity contribution is 6.30. The molecule has 0 aliphatic carbocycles. The number of nitrogens with zero attached hydrogens (tertiary/aromatic N) is 4. The minimum absolute atomic E-state index is 0.0522. The molecule has 0 spiro atoms. The molecule has 0 unspecified atom stereocenters. The number of aryl methyl sites for hydroxylation is 3. The van der Waals surface area contributed by atoms with Gasteiger partial charge in [-0.15, -0.1) is 0 Å². The highest BCUT2D eigenvalue weighted by Gasteiger charge is 2.17. The van der Waals surface area contributed by atoms with Crippen LogP contribution in [0.3, 0.4) is 0 Å². The van der Waals surface area contributed by atoms with E-state index in [1.807, 2.05) is 6.92 Å². The summed E-state index contributed by atoms with van der Waals surface area (Å²) in [5, 5.41) is 8.75. The first-order valence-corrected chi connectivity index (χ1v) is 5.57. The maximum Gasteiger partial charge on any atom is 0.187 e. The molecule has 0 bridgehead atoms. The van der Waals surface area contributed by atoms with Gasteiger partial charge in [0.05, 0.1) is 5.69 Å². The first kappa shape index (κ1) is 11.9. The molecule has 6 heteroatoms. The van der Waals surface area contributed by atoms with Crippen molar-refractivity contribution < 1.29 is 4.79 Å². The van der Waals surface area contributed by atoms with E-state index in [1.54, 1.807) is 35.7 Å². The molecule has 17 heavy (non-hydrogen) atoms. The topological polar surface area (TPSA) is 52.7 Å². The van der Waals surface area contributed by atoms with E-state index in [0.717, 1.165) is 11.3 Å². The summed E-state index contributed by atoms with van der Waals surface area (Å²) in [5.41, 5.74) is 2.00. The number of carbonyl (C=O) groups excluding carboxylic acids is 1. The molecule has 2 aromatic heterocycles. The summed E-state index contributed by atoms with van der Waals surface area (Å²) < 4.78 is 3.17. The van der Waals surface area contributed by atoms with Crippen molar-refractivity contribution in [3.8, 4) is 0 Å². The van der Waals surface area contributed by atoms with Crippen LogP contribution in [0.25, 0.3) is 0 Å². The van der Waals surface area contributed by atoms with Gasteiger partial charge in [0.2, 0.25) is 0 Å². The van der Waals surface area contributed by atoms with Crippen LogP contribution in [0.1, 0.15) is 21.7 Å². The highest BCUT2D eigenvalue weighted by atomic mass is 35.5. The molecule has 2 heterocycles. The molecule has 5 nitrogen and oxygen atoms in total. The summed E-state index contributed by atoms with van der Waals surface area (Å²) in [5.74, 6) is -0.0522. The van der Waals surface area contributed by atoms with Gasteiger partial charge in [0.1, 0.15) is 10.8 Å². The largest absolute Gasteiger partial charge is 0.292 e. The van der Waals surface area contributed by atoms with Crippen molar-refractivity contribution in [2.45, 2.75) is 13.3 Å². The molecule has 0 saturated heterocycles. The van der Waals surface area contributed by atoms with Crippen molar-refractivity contribution in [3.05, 3.63) is 34.4 Å². The summed E-state index contributed by atoms with van der Waals surface area (Å²) in [6, 6.07) is 1.70. The fraction of sp³-hybridized carbons (Fsp3) is 0.364. The average molecular weight is 253 g/mol. The van der Waals surface area contributed by atoms with Gasteiger partial charge in [-0.05, 0) is 13.0 Å². The van der Waals surface area contributed by atoms with Gasteiger partial charge >= 0.3 is 0 Å². The molecule has 2 aromatic rings. The number of Topliss-reactive ketones (excluding diaryl/α,β-unsaturated/α-hetero) is 1. The van der Waals surface area contributed by atoms with Gasteiger partial charge in [-0.25, -0.2) is 0 Å². The van der Waals surface area contributed by atoms with Gasteiger partial charge in [0.25, 0.3) is 0 Å². The van der Waals surface area contributed by atoms with E-state index in [9.17, 15) is 4.79 Å². The number of hydrogen-bond donors (Lipinski definition) is 0. The molecule has 0 N–H and O–H groups in total. The summed E-state index contributed by atoms with van der Waals surface area (Å²) in [6.45, 7) is 1.84. The van der Waals surface area contributed by atoms with Crippen LogP contribution in [0.4, 0.5) is 0 Å². The predicted molar refractivity (Wildman–Crippen MR) is 64.2 cm³/mol. The van der Waals surface area contributed by atoms with Crippen LogP contribution in [-0.4, -0.2) is 25.3 Å². The summed E-state index contributed by atoms with van der Waals surface area (Å²) in [4.78, 5) is 12.0. The van der Waals surface area contributed by atoms with Crippen molar-refractivity contribution in [2.24, 2.45) is 14.1 Å². The Morgan fingerprint density at radius 2 is 2.12 bits per heavy atom. The Labute approximate surface area is 104 Å². The fourth-order valence-corrected chi connectivity index (χ4v) is 1.93. The Balaban J connectivity index is 2.24. The second-order valence-electron chi connectivity index (χ2n) is 3.95. The minimum atomic E-state index is -0.0522. The molecule has 0 fully saturated rings. The first-order chi connectivity index (χ1) is 7.99. The van der Waals surface area contributed by atoms with E-state index in [1.165, 1.54) is 0 Å². The normalized spacial score (nSPS) is 10.8. The fourth-order valence-electron chi connectivity index (χ4n) is 1.69. The number of aromatic nitrogens is 4. The van der Waals surface area contributed by atoms with Crippen LogP contribution in [0, 0.1) is 6.92 Å². The van der Waals surface area contributed by atoms with Crippen LogP contribution in [-0.2, 0) is 20.5 Å². The molecule has 0 amide bonds. The number of carbonyl (C=O) groups is 1. The van der Waals surface area contributed by atoms with Crippen molar-refractivity contribution >= 4 is 17.4 Å². The predicted octanol–water partition coefficient (Wildman–Crippen LogP) is 1.54. The molecular weight excluding hydrogens is 240 g/mol. The molecule has 0 radical (unpaired) electrons. The molecule has 0 aliphatic rings. The minimum Gasteiger partial charge on any atom is -0.292 e. The lowest BCUT2D eigenvalue weighted by atomic mass is 10.1. The Bertz CT molecular complexity index is 570. The lowest BCUT2D eigenvalue weighted by Crippen LogP contribution is -2.06. The second kappa shape index (κ2) is 4.33. The van der Waals surface area contributed by atoms with Crippen LogP contribution in [0.2, 0.25) is 5.15 Å². The third-order valence-electron chi connectivity index (χ3n) is 2.61. The van der Waals surface area contributed by atoms with E-state index < -0.39 is 0 Å². The Hall–Kier alpha value is -1.62. The zero-order valence-electron chi connectivity index (χ0n) is 9.94. The zero-order chi connectivity index (χ0) is 12.6. The Kier molecular flexibility index (Phi) is 3.02. The van der Waals surface area contributed by atoms with Crippen LogP contribution in [0.15, 0.2) is 12.3 Å². The number of hydrogen-bond acceptors (Lipinski definition) is 3. The third kappa shape index (κ3) is 2.24. The van der Waals surface area contributed by atoms with Gasteiger partial charge < -0.3 is 0 Å². The maximum absolute atomic E-state index is 12.0. The van der Waals surface area contributed by atoms with E-state index in [2.05, 4.69) is 10.2 Å². The first-order valence-electron chi connectivity index (χ1n) is 5.20. The average Bonchev–Trinajstić information content (AvgIpc) is 2.79. The monoisotopic (exact) mass is 252 g/mol. The maximum atomic E-state index is 12.0. The van der Waals surface area contributed by atoms with Crippen molar-refractivity contribution in [3.63, 3.8) is 0 Å². The smallest absolute Gasteiger partial charge is 0.187 e. The van der Waals surface area contributed by atoms with Gasteiger partial charge in [0, 0.05) is 32.3 Å². The van der Waals surface area contributed by atoms with E-state index in [4.69, 9.17) is 11.6 Å². The molecule has 0 aliphatic heterocycles. The SMILES string of the molecule is Cc1nn(C)c(Cl)c1CC(=O)c1ccn(C)n1. The summed E-state index contributed by atoms with van der Waals surface area (Å²) >= 11 is 6.07. The van der Waals surface area contributed by atoms with Crippen LogP contribution >= 0.6 is 11.6 Å². The van der Waals surface area contributed by atoms with E-state index in [0.29, 0.717) is 10.8 Å². The second-order valence-corrected chi connectivity index (χ2v) is 4.31. The zero-order valence-corrected chi connectivity index (χ0v) is 10.7. The standard InChI is InChI=1S/C11H13ClN4O/c1-7-8(11(12)16(3)13-7)6-10(17)9-4-5-15(2)14-9/h4-5H,6H2,1-3H3. The van der Waals surface area contributed by atoms with Gasteiger partial charge in [-0.3, -0.25) is 14.2 Å². The van der Waals surface area contributed by atoms with Crippen LogP contribution in [0.5, 0.6) is 0 Å². The quantitative estimate of drug-likeness (QED) is 0.779. The van der Waals surface area contributed by atoms with Gasteiger partial charge in [-0.1, -0.05) is 11.6 Å². The Morgan fingerprint density at radius 3 is 2.59 bits per heavy atom. The lowest BCUT2D eigenvalue weighted by Gasteiger charge is -1.98. The summed E-state index contributed by atoms with van der Waals surface area (Å²) in [6.07, 6.45) is 1.97. The Morgan fingerprint density at radius 1 is 1.41 bits per heavy atom. The lowest BCUT2D eigenvalue weighted by molar-refractivity contribution is 0.0987. The number of ketones is 1. The molecule has 0 saturated carbocycles. The highest BCUT2D eigenvalue weighted by Crippen LogP contribution is 2.20. The molecule has 0 aromatic carbocycles. The molecule has 90 valence electrons. The van der Waals surface area contributed by atoms with E-state index >= 15 is 0 Å². The molecule has 0 atom stereocenters. The van der Waals surface area contributed by atoms with Gasteiger partial charge in [0.15, 0.2) is 5.78 Å². The van der Waals surface area contributed by atoms with Crippen molar-refractivity contribution in [2.75, 3.05) is 0 Å². The van der Waals surface area contributed by atoms with Gasteiger partial charge in [-0.2, -0.15) is 10.2 Å². The summed E-state index contributed by atoms with van der Waals surface area (Å²) in [7, 11) is 3.53. The van der Waals surface area contributed by atoms with Crippen molar-refractivity contribution in [1.82, 2.24) is 19.6 Å². The third-order valence-corrected chi connectivity index (χ3v) is 3.08. The van der Waals surface area contributed by atoms with Crippen molar-refractivity contribution in [1.29, 1.82) is 0 Å². The molecule has 2 rings (SSSR count). The molecular formula is C11H13ClN4O. The van der Waals surface area contributed by atoms with Crippen LogP contribution < -0.4 is 0 Å². The number of halogens is 1. The van der Waals surface area contributed by atoms with E-state index in [-0.39, 0.29) is 12.2 Å².